The second-order valence-corrected chi connectivity index (χ2v) is 18.3. The molecule has 4 aromatic heterocycles. The fourth-order valence-electron chi connectivity index (χ4n) is 8.14. The van der Waals surface area contributed by atoms with Crippen LogP contribution in [-0.4, -0.2) is 0 Å². The van der Waals surface area contributed by atoms with Crippen molar-refractivity contribution in [3.8, 4) is 43.1 Å². The Balaban J connectivity index is 0.831. The van der Waals surface area contributed by atoms with Gasteiger partial charge < -0.3 is 0 Å². The van der Waals surface area contributed by atoms with Gasteiger partial charge in [0.1, 0.15) is 0 Å². The van der Waals surface area contributed by atoms with E-state index in [0.29, 0.717) is 0 Å². The molecule has 0 aliphatic heterocycles. The molecule has 0 unspecified atom stereocenters. The predicted molar refractivity (Wildman–Crippen MR) is 242 cm³/mol. The average molecular weight is 757 g/mol. The summed E-state index contributed by atoms with van der Waals surface area (Å²) in [7, 11) is 0. The molecule has 4 heterocycles. The molecule has 0 bridgehead atoms. The summed E-state index contributed by atoms with van der Waals surface area (Å²) in [5.74, 6) is 0. The van der Waals surface area contributed by atoms with Gasteiger partial charge in [-0.15, -0.1) is 45.3 Å². The molecule has 0 spiro atoms. The van der Waals surface area contributed by atoms with Gasteiger partial charge in [0.15, 0.2) is 0 Å². The number of hydrogen-bond acceptors (Lipinski definition) is 4. The van der Waals surface area contributed by atoms with Crippen LogP contribution in [-0.2, 0) is 0 Å². The predicted octanol–water partition coefficient (Wildman–Crippen LogP) is 16.7. The van der Waals surface area contributed by atoms with E-state index in [-0.39, 0.29) is 0 Å². The van der Waals surface area contributed by atoms with Crippen molar-refractivity contribution in [2.24, 2.45) is 0 Å². The van der Waals surface area contributed by atoms with Gasteiger partial charge in [0, 0.05) is 50.1 Å². The van der Waals surface area contributed by atoms with Gasteiger partial charge in [-0.1, -0.05) is 133 Å². The zero-order valence-corrected chi connectivity index (χ0v) is 32.1. The van der Waals surface area contributed by atoms with Crippen LogP contribution in [0.1, 0.15) is 0 Å². The van der Waals surface area contributed by atoms with Crippen molar-refractivity contribution in [2.45, 2.75) is 0 Å². The summed E-state index contributed by atoms with van der Waals surface area (Å²) >= 11 is 7.60. The molecular weight excluding hydrogens is 729 g/mol. The largest absolute Gasteiger partial charge is 0.135 e. The van der Waals surface area contributed by atoms with E-state index in [2.05, 4.69) is 170 Å². The minimum absolute atomic E-state index is 1.25. The first-order valence-corrected chi connectivity index (χ1v) is 21.4. The zero-order valence-electron chi connectivity index (χ0n) is 28.8. The quantitative estimate of drug-likeness (QED) is 0.168. The molecule has 12 aromatic rings. The molecule has 0 aliphatic carbocycles. The lowest BCUT2D eigenvalue weighted by Gasteiger charge is -2.04. The number of thiophene rings is 4. The van der Waals surface area contributed by atoms with E-state index >= 15 is 0 Å². The highest BCUT2D eigenvalue weighted by Crippen LogP contribution is 2.47. The standard InChI is InChI=1S/C50H28S4/c1-3-7-37-31(5-1)19-23-43-41(37)27-45(51-43)33-13-9-29(10-14-33)35-17-21-39-47(25-35)53-50-40-22-18-36(26-48(40)54-49(39)50)30-11-15-34(16-12-30)46-28-42-38-8-4-2-6-32(38)20-24-44(42)52-46/h1-28H. The van der Waals surface area contributed by atoms with Gasteiger partial charge in [-0.25, -0.2) is 0 Å². The van der Waals surface area contributed by atoms with Gasteiger partial charge in [0.2, 0.25) is 0 Å². The highest BCUT2D eigenvalue weighted by molar-refractivity contribution is 7.36. The van der Waals surface area contributed by atoms with E-state index < -0.39 is 0 Å². The van der Waals surface area contributed by atoms with Gasteiger partial charge in [0.25, 0.3) is 0 Å². The van der Waals surface area contributed by atoms with Crippen LogP contribution in [0.2, 0.25) is 0 Å². The molecule has 0 aliphatic rings. The highest BCUT2D eigenvalue weighted by atomic mass is 32.1. The van der Waals surface area contributed by atoms with Crippen LogP contribution in [0.4, 0.5) is 0 Å². The van der Waals surface area contributed by atoms with Crippen LogP contribution >= 0.6 is 45.3 Å². The molecule has 0 saturated carbocycles. The molecular formula is C50H28S4. The summed E-state index contributed by atoms with van der Waals surface area (Å²) in [5, 5.41) is 10.7. The van der Waals surface area contributed by atoms with E-state index in [1.54, 1.807) is 0 Å². The summed E-state index contributed by atoms with van der Waals surface area (Å²) in [6, 6.07) is 63.3. The molecule has 0 nitrogen and oxygen atoms in total. The van der Waals surface area contributed by atoms with Crippen molar-refractivity contribution in [3.63, 3.8) is 0 Å². The second kappa shape index (κ2) is 11.9. The van der Waals surface area contributed by atoms with Crippen LogP contribution in [0, 0.1) is 0 Å². The normalized spacial score (nSPS) is 12.1. The van der Waals surface area contributed by atoms with Crippen molar-refractivity contribution in [1.29, 1.82) is 0 Å². The maximum absolute atomic E-state index is 2.38. The van der Waals surface area contributed by atoms with Crippen LogP contribution in [0.3, 0.4) is 0 Å². The van der Waals surface area contributed by atoms with E-state index in [1.165, 1.54) is 114 Å². The number of fused-ring (bicyclic) bond motifs is 11. The van der Waals surface area contributed by atoms with Crippen molar-refractivity contribution in [2.75, 3.05) is 0 Å². The maximum atomic E-state index is 2.38. The Morgan fingerprint density at radius 3 is 1.11 bits per heavy atom. The Labute approximate surface area is 327 Å². The molecule has 0 amide bonds. The first-order chi connectivity index (χ1) is 26.7. The number of hydrogen-bond donors (Lipinski definition) is 0. The summed E-state index contributed by atoms with van der Waals surface area (Å²) in [5.41, 5.74) is 7.59. The monoisotopic (exact) mass is 756 g/mol. The molecule has 0 atom stereocenters. The summed E-state index contributed by atoms with van der Waals surface area (Å²) in [6.45, 7) is 0. The lowest BCUT2D eigenvalue weighted by atomic mass is 10.0. The third-order valence-electron chi connectivity index (χ3n) is 10.9. The zero-order chi connectivity index (χ0) is 35.3. The first kappa shape index (κ1) is 30.8. The summed E-state index contributed by atoms with van der Waals surface area (Å²) in [6.07, 6.45) is 0. The number of rotatable bonds is 4. The molecule has 54 heavy (non-hydrogen) atoms. The smallest absolute Gasteiger partial charge is 0.0542 e. The van der Waals surface area contributed by atoms with E-state index in [4.69, 9.17) is 0 Å². The first-order valence-electron chi connectivity index (χ1n) is 18.1. The molecule has 0 fully saturated rings. The molecule has 12 rings (SSSR count). The van der Waals surface area contributed by atoms with Gasteiger partial charge in [-0.3, -0.25) is 0 Å². The fourth-order valence-corrected chi connectivity index (χ4v) is 13.0. The highest BCUT2D eigenvalue weighted by Gasteiger charge is 2.15. The summed E-state index contributed by atoms with van der Waals surface area (Å²) in [4.78, 5) is 2.63. The van der Waals surface area contributed by atoms with Gasteiger partial charge in [-0.2, -0.15) is 0 Å². The van der Waals surface area contributed by atoms with Crippen LogP contribution in [0.25, 0.3) is 114 Å². The van der Waals surface area contributed by atoms with Crippen LogP contribution < -0.4 is 0 Å². The maximum Gasteiger partial charge on any atom is 0.0542 e. The van der Waals surface area contributed by atoms with Gasteiger partial charge in [0.05, 0.1) is 9.40 Å². The fraction of sp³-hybridized carbons (Fsp3) is 0. The van der Waals surface area contributed by atoms with Crippen molar-refractivity contribution < 1.29 is 0 Å². The lowest BCUT2D eigenvalue weighted by molar-refractivity contribution is 1.65. The minimum Gasteiger partial charge on any atom is -0.135 e. The summed E-state index contributed by atoms with van der Waals surface area (Å²) < 4.78 is 8.18. The topological polar surface area (TPSA) is 0 Å². The minimum atomic E-state index is 1.25. The molecule has 8 aromatic carbocycles. The average Bonchev–Trinajstić information content (AvgIpc) is 4.02. The Morgan fingerprint density at radius 1 is 0.241 bits per heavy atom. The van der Waals surface area contributed by atoms with Gasteiger partial charge >= 0.3 is 0 Å². The molecule has 4 heteroatoms. The third-order valence-corrected chi connectivity index (χ3v) is 15.7. The number of benzene rings is 8. The van der Waals surface area contributed by atoms with E-state index in [1.807, 2.05) is 45.3 Å². The second-order valence-electron chi connectivity index (χ2n) is 14.1. The van der Waals surface area contributed by atoms with Crippen LogP contribution in [0.15, 0.2) is 170 Å². The molecule has 0 radical (unpaired) electrons. The van der Waals surface area contributed by atoms with Crippen LogP contribution in [0.5, 0.6) is 0 Å². The van der Waals surface area contributed by atoms with E-state index in [9.17, 15) is 0 Å². The Morgan fingerprint density at radius 2 is 0.648 bits per heavy atom. The lowest BCUT2D eigenvalue weighted by Crippen LogP contribution is -1.78. The van der Waals surface area contributed by atoms with Crippen molar-refractivity contribution >= 4 is 117 Å². The Bertz CT molecular complexity index is 3190. The van der Waals surface area contributed by atoms with Gasteiger partial charge in [-0.05, 0) is 91.3 Å². The third kappa shape index (κ3) is 4.85. The Hall–Kier alpha value is -5.62. The van der Waals surface area contributed by atoms with E-state index in [0.717, 1.165) is 0 Å². The SMILES string of the molecule is c1ccc2c(c1)ccc1sc(-c3ccc(-c4ccc5c(c4)sc4c6ccc(-c7ccc(-c8cc9c(ccc%10ccccc%109)s8)cc7)cc6sc54)cc3)cc12. The van der Waals surface area contributed by atoms with Crippen molar-refractivity contribution in [1.82, 2.24) is 0 Å². The molecule has 0 saturated heterocycles. The van der Waals surface area contributed by atoms with Crippen molar-refractivity contribution in [3.05, 3.63) is 170 Å². The molecule has 0 N–H and O–H groups in total. The molecule has 252 valence electrons. The Kier molecular flexibility index (Phi) is 6.81.